The zero-order valence-electron chi connectivity index (χ0n) is 21.0. The Labute approximate surface area is 233 Å². The van der Waals surface area contributed by atoms with Crippen LogP contribution in [-0.4, -0.2) is 21.8 Å². The molecule has 4 nitrogen and oxygen atoms in total. The molecule has 0 saturated carbocycles. The highest BCUT2D eigenvalue weighted by Crippen LogP contribution is 2.39. The van der Waals surface area contributed by atoms with Crippen molar-refractivity contribution < 1.29 is 0 Å². The maximum absolute atomic E-state index is 5.10. The Kier molecular flexibility index (Phi) is 7.79. The largest absolute Gasteiger partial charge is 0.356 e. The molecule has 4 aromatic carbocycles. The molecule has 0 amide bonds. The van der Waals surface area contributed by atoms with Gasteiger partial charge in [0.15, 0.2) is 10.3 Å². The minimum Gasteiger partial charge on any atom is -0.356 e. The minimum atomic E-state index is 0.0767. The summed E-state index contributed by atoms with van der Waals surface area (Å²) in [6, 6.07) is 42.9. The van der Waals surface area contributed by atoms with Gasteiger partial charge in [0.2, 0.25) is 0 Å². The summed E-state index contributed by atoms with van der Waals surface area (Å²) < 4.78 is 0. The van der Waals surface area contributed by atoms with Gasteiger partial charge < -0.3 is 10.6 Å². The molecule has 2 N–H and O–H groups in total. The van der Waals surface area contributed by atoms with Crippen LogP contribution in [0.25, 0.3) is 0 Å². The lowest BCUT2D eigenvalue weighted by Crippen LogP contribution is -2.23. The molecule has 38 heavy (non-hydrogen) atoms. The highest BCUT2D eigenvalue weighted by molar-refractivity contribution is 8.17. The van der Waals surface area contributed by atoms with Gasteiger partial charge in [0.05, 0.1) is 12.1 Å². The van der Waals surface area contributed by atoms with Crippen LogP contribution in [-0.2, 0) is 0 Å². The summed E-state index contributed by atoms with van der Waals surface area (Å²) >= 11 is 3.59. The molecule has 6 rings (SSSR count). The third-order valence-corrected chi connectivity index (χ3v) is 8.93. The second-order valence-electron chi connectivity index (χ2n) is 9.34. The van der Waals surface area contributed by atoms with Crippen LogP contribution >= 0.6 is 23.5 Å². The van der Waals surface area contributed by atoms with Crippen molar-refractivity contribution in [2.75, 3.05) is 11.5 Å². The van der Waals surface area contributed by atoms with Crippen molar-refractivity contribution in [3.05, 3.63) is 144 Å². The molecule has 190 valence electrons. The maximum Gasteiger partial charge on any atom is 0.157 e. The Morgan fingerprint density at radius 2 is 0.763 bits per heavy atom. The van der Waals surface area contributed by atoms with E-state index in [1.165, 1.54) is 22.3 Å². The van der Waals surface area contributed by atoms with Gasteiger partial charge in [0.1, 0.15) is 12.1 Å². The molecule has 0 aromatic heterocycles. The van der Waals surface area contributed by atoms with Crippen molar-refractivity contribution in [3.8, 4) is 0 Å². The number of amidine groups is 2. The highest BCUT2D eigenvalue weighted by Gasteiger charge is 2.32. The van der Waals surface area contributed by atoms with E-state index in [9.17, 15) is 0 Å². The van der Waals surface area contributed by atoms with E-state index in [1.54, 1.807) is 23.5 Å². The Hall–Kier alpha value is -3.48. The number of rotatable bonds is 7. The standard InChI is InChI=1S/C32H30N4S2/c1-5-13-23(14-6-1)27-28(24-15-7-2-8-16-24)34-31(33-27)37-21-22-38-32-35-29(25-17-9-3-10-18-25)30(36-32)26-19-11-4-12-20-26/h1-20,27-30H,21-22H2,(H,33,34)(H,35,36). The van der Waals surface area contributed by atoms with Crippen molar-refractivity contribution in [2.45, 2.75) is 24.2 Å². The van der Waals surface area contributed by atoms with Gasteiger partial charge in [-0.05, 0) is 22.3 Å². The molecule has 4 aromatic rings. The van der Waals surface area contributed by atoms with E-state index in [0.29, 0.717) is 0 Å². The third-order valence-electron chi connectivity index (χ3n) is 6.86. The van der Waals surface area contributed by atoms with Crippen molar-refractivity contribution in [1.29, 1.82) is 0 Å². The predicted octanol–water partition coefficient (Wildman–Crippen LogP) is 7.34. The average Bonchev–Trinajstić information content (AvgIpc) is 3.62. The molecule has 0 saturated heterocycles. The molecule has 4 atom stereocenters. The van der Waals surface area contributed by atoms with E-state index in [1.807, 2.05) is 0 Å². The smallest absolute Gasteiger partial charge is 0.157 e. The summed E-state index contributed by atoms with van der Waals surface area (Å²) in [7, 11) is 0. The summed E-state index contributed by atoms with van der Waals surface area (Å²) in [5, 5.41) is 9.42. The predicted molar refractivity (Wildman–Crippen MR) is 163 cm³/mol. The van der Waals surface area contributed by atoms with E-state index in [4.69, 9.17) is 9.98 Å². The summed E-state index contributed by atoms with van der Waals surface area (Å²) in [5.74, 6) is 1.90. The van der Waals surface area contributed by atoms with Crippen LogP contribution in [0.3, 0.4) is 0 Å². The van der Waals surface area contributed by atoms with Gasteiger partial charge in [-0.1, -0.05) is 145 Å². The second-order valence-corrected chi connectivity index (χ2v) is 11.5. The summed E-state index contributed by atoms with van der Waals surface area (Å²) in [4.78, 5) is 10.2. The SMILES string of the molecule is c1ccc(C2N=C(SCCSC3=NC(c4ccccc4)C(c4ccccc4)N3)NC2c2ccccc2)cc1. The molecule has 2 heterocycles. The van der Waals surface area contributed by atoms with Gasteiger partial charge in [-0.15, -0.1) is 0 Å². The van der Waals surface area contributed by atoms with Crippen LogP contribution in [0.1, 0.15) is 46.4 Å². The fraction of sp³-hybridized carbons (Fsp3) is 0.188. The van der Waals surface area contributed by atoms with Crippen LogP contribution in [0.15, 0.2) is 131 Å². The maximum atomic E-state index is 5.10. The van der Waals surface area contributed by atoms with Crippen LogP contribution < -0.4 is 10.6 Å². The number of thioether (sulfide) groups is 2. The first-order chi connectivity index (χ1) is 18.8. The summed E-state index contributed by atoms with van der Waals surface area (Å²) in [6.45, 7) is 0. The van der Waals surface area contributed by atoms with Crippen LogP contribution in [0.5, 0.6) is 0 Å². The number of hydrogen-bond donors (Lipinski definition) is 2. The number of aliphatic imine (C=N–C) groups is 2. The fourth-order valence-electron chi connectivity index (χ4n) is 5.02. The first-order valence-electron chi connectivity index (χ1n) is 13.0. The molecular formula is C32H30N4S2. The lowest BCUT2D eigenvalue weighted by molar-refractivity contribution is 0.573. The van der Waals surface area contributed by atoms with Gasteiger partial charge in [-0.25, -0.2) is 0 Å². The van der Waals surface area contributed by atoms with E-state index >= 15 is 0 Å². The fourth-order valence-corrected chi connectivity index (χ4v) is 6.87. The molecule has 0 radical (unpaired) electrons. The van der Waals surface area contributed by atoms with Crippen molar-refractivity contribution >= 4 is 33.9 Å². The zero-order chi connectivity index (χ0) is 25.6. The van der Waals surface area contributed by atoms with Gasteiger partial charge in [0, 0.05) is 11.5 Å². The Morgan fingerprint density at radius 3 is 1.11 bits per heavy atom. The number of hydrogen-bond acceptors (Lipinski definition) is 6. The topological polar surface area (TPSA) is 48.8 Å². The molecule has 0 spiro atoms. The van der Waals surface area contributed by atoms with E-state index in [2.05, 4.69) is 132 Å². The molecular weight excluding hydrogens is 505 g/mol. The van der Waals surface area contributed by atoms with Crippen molar-refractivity contribution in [1.82, 2.24) is 10.6 Å². The van der Waals surface area contributed by atoms with E-state index in [-0.39, 0.29) is 24.2 Å². The molecule has 2 aliphatic heterocycles. The lowest BCUT2D eigenvalue weighted by atomic mass is 9.95. The molecule has 0 aliphatic carbocycles. The summed E-state index contributed by atoms with van der Waals surface area (Å²) in [6.07, 6.45) is 0. The molecule has 4 unspecified atom stereocenters. The molecule has 0 bridgehead atoms. The van der Waals surface area contributed by atoms with E-state index in [0.717, 1.165) is 21.8 Å². The van der Waals surface area contributed by atoms with Gasteiger partial charge >= 0.3 is 0 Å². The normalized spacial score (nSPS) is 22.3. The molecule has 0 fully saturated rings. The van der Waals surface area contributed by atoms with Crippen LogP contribution in [0, 0.1) is 0 Å². The summed E-state index contributed by atoms with van der Waals surface area (Å²) in [5.41, 5.74) is 5.00. The quantitative estimate of drug-likeness (QED) is 0.244. The number of benzene rings is 4. The Morgan fingerprint density at radius 1 is 0.447 bits per heavy atom. The number of nitrogens with one attached hydrogen (secondary N) is 2. The number of nitrogens with zero attached hydrogens (tertiary/aromatic N) is 2. The zero-order valence-corrected chi connectivity index (χ0v) is 22.6. The van der Waals surface area contributed by atoms with Crippen LogP contribution in [0.4, 0.5) is 0 Å². The Balaban J connectivity index is 1.10. The van der Waals surface area contributed by atoms with E-state index < -0.39 is 0 Å². The first-order valence-corrected chi connectivity index (χ1v) is 15.0. The van der Waals surface area contributed by atoms with Crippen LogP contribution in [0.2, 0.25) is 0 Å². The second kappa shape index (κ2) is 11.9. The minimum absolute atomic E-state index is 0.0767. The molecule has 2 aliphatic rings. The monoisotopic (exact) mass is 534 g/mol. The molecule has 6 heteroatoms. The van der Waals surface area contributed by atoms with Gasteiger partial charge in [-0.2, -0.15) is 0 Å². The van der Waals surface area contributed by atoms with Crippen molar-refractivity contribution in [3.63, 3.8) is 0 Å². The Bertz CT molecular complexity index is 1270. The third kappa shape index (κ3) is 5.66. The van der Waals surface area contributed by atoms with Crippen molar-refractivity contribution in [2.24, 2.45) is 9.98 Å². The lowest BCUT2D eigenvalue weighted by Gasteiger charge is -2.19. The van der Waals surface area contributed by atoms with Gasteiger partial charge in [-0.3, -0.25) is 9.98 Å². The highest BCUT2D eigenvalue weighted by atomic mass is 32.2. The van der Waals surface area contributed by atoms with Gasteiger partial charge in [0.25, 0.3) is 0 Å². The average molecular weight is 535 g/mol. The first kappa shape index (κ1) is 24.8.